The summed E-state index contributed by atoms with van der Waals surface area (Å²) in [6.45, 7) is 4.97. The van der Waals surface area contributed by atoms with Crippen molar-refractivity contribution in [1.82, 2.24) is 19.9 Å². The zero-order valence-corrected chi connectivity index (χ0v) is 17.4. The number of benzene rings is 1. The Morgan fingerprint density at radius 1 is 1.13 bits per heavy atom. The van der Waals surface area contributed by atoms with E-state index < -0.39 is 0 Å². The van der Waals surface area contributed by atoms with E-state index in [0.717, 1.165) is 54.4 Å². The molecule has 0 bridgehead atoms. The first kappa shape index (κ1) is 20.1. The number of H-pyrrole nitrogens is 1. The van der Waals surface area contributed by atoms with Crippen molar-refractivity contribution in [3.63, 3.8) is 0 Å². The van der Waals surface area contributed by atoms with Gasteiger partial charge in [-0.15, -0.1) is 0 Å². The lowest BCUT2D eigenvalue weighted by Gasteiger charge is -2.20. The number of aromatic nitrogens is 3. The summed E-state index contributed by atoms with van der Waals surface area (Å²) < 4.78 is 11.1. The first-order chi connectivity index (χ1) is 14.7. The maximum atomic E-state index is 12.7. The van der Waals surface area contributed by atoms with Gasteiger partial charge in [0.15, 0.2) is 17.3 Å². The molecule has 0 aliphatic carbocycles. The minimum absolute atomic E-state index is 0.0646. The molecular formula is C23H26N4O3. The Kier molecular flexibility index (Phi) is 6.09. The van der Waals surface area contributed by atoms with Crippen molar-refractivity contribution in [1.29, 1.82) is 0 Å². The number of hydrogen-bond acceptors (Lipinski definition) is 6. The minimum atomic E-state index is -0.0646. The molecule has 156 valence electrons. The SMILES string of the molecule is CCOc1ccc(CN2CCc3nc(-c4ccccn4)[nH]c(=O)c3CC2)cc1OC. The fraction of sp³-hybridized carbons (Fsp3) is 0.348. The van der Waals surface area contributed by atoms with Crippen LogP contribution >= 0.6 is 0 Å². The molecule has 7 nitrogen and oxygen atoms in total. The van der Waals surface area contributed by atoms with Crippen LogP contribution in [-0.2, 0) is 19.4 Å². The van der Waals surface area contributed by atoms with Crippen molar-refractivity contribution in [3.8, 4) is 23.0 Å². The highest BCUT2D eigenvalue weighted by Crippen LogP contribution is 2.28. The number of fused-ring (bicyclic) bond motifs is 1. The summed E-state index contributed by atoms with van der Waals surface area (Å²) in [6, 6.07) is 11.6. The average Bonchev–Trinajstić information content (AvgIpc) is 2.98. The predicted octanol–water partition coefficient (Wildman–Crippen LogP) is 2.84. The third-order valence-electron chi connectivity index (χ3n) is 5.29. The van der Waals surface area contributed by atoms with Crippen molar-refractivity contribution in [3.05, 3.63) is 69.8 Å². The molecule has 1 aliphatic rings. The average molecular weight is 406 g/mol. The van der Waals surface area contributed by atoms with Crippen LogP contribution in [-0.4, -0.2) is 46.7 Å². The lowest BCUT2D eigenvalue weighted by atomic mass is 10.1. The van der Waals surface area contributed by atoms with Gasteiger partial charge in [0, 0.05) is 37.8 Å². The lowest BCUT2D eigenvalue weighted by Crippen LogP contribution is -2.26. The molecule has 1 aliphatic heterocycles. The number of hydrogen-bond donors (Lipinski definition) is 1. The number of nitrogens with one attached hydrogen (secondary N) is 1. The van der Waals surface area contributed by atoms with Crippen molar-refractivity contribution >= 4 is 0 Å². The van der Waals surface area contributed by atoms with Gasteiger partial charge in [0.2, 0.25) is 0 Å². The van der Waals surface area contributed by atoms with Gasteiger partial charge in [0.25, 0.3) is 5.56 Å². The largest absolute Gasteiger partial charge is 0.493 e. The van der Waals surface area contributed by atoms with Crippen LogP contribution in [0.5, 0.6) is 11.5 Å². The van der Waals surface area contributed by atoms with Gasteiger partial charge in [-0.05, 0) is 43.2 Å². The number of aromatic amines is 1. The van der Waals surface area contributed by atoms with Gasteiger partial charge in [-0.2, -0.15) is 0 Å². The van der Waals surface area contributed by atoms with Gasteiger partial charge in [0.05, 0.1) is 19.4 Å². The van der Waals surface area contributed by atoms with Crippen LogP contribution in [0, 0.1) is 0 Å². The second-order valence-corrected chi connectivity index (χ2v) is 7.25. The van der Waals surface area contributed by atoms with Gasteiger partial charge in [0.1, 0.15) is 5.69 Å². The second kappa shape index (κ2) is 9.09. The third kappa shape index (κ3) is 4.36. The Labute approximate surface area is 175 Å². The molecule has 30 heavy (non-hydrogen) atoms. The van der Waals surface area contributed by atoms with Gasteiger partial charge in [-0.1, -0.05) is 12.1 Å². The quantitative estimate of drug-likeness (QED) is 0.678. The van der Waals surface area contributed by atoms with Gasteiger partial charge in [-0.3, -0.25) is 14.7 Å². The van der Waals surface area contributed by atoms with Crippen molar-refractivity contribution in [2.24, 2.45) is 0 Å². The summed E-state index contributed by atoms with van der Waals surface area (Å²) in [6.07, 6.45) is 3.11. The van der Waals surface area contributed by atoms with Crippen molar-refractivity contribution in [2.75, 3.05) is 26.8 Å². The third-order valence-corrected chi connectivity index (χ3v) is 5.29. The molecule has 3 aromatic rings. The molecule has 7 heteroatoms. The summed E-state index contributed by atoms with van der Waals surface area (Å²) in [5.74, 6) is 2.03. The van der Waals surface area contributed by atoms with Gasteiger partial charge in [-0.25, -0.2) is 4.98 Å². The van der Waals surface area contributed by atoms with Crippen molar-refractivity contribution < 1.29 is 9.47 Å². The van der Waals surface area contributed by atoms with Crippen LogP contribution in [0.1, 0.15) is 23.7 Å². The van der Waals surface area contributed by atoms with E-state index in [0.29, 0.717) is 24.5 Å². The molecule has 2 aromatic heterocycles. The Morgan fingerprint density at radius 3 is 2.77 bits per heavy atom. The molecular weight excluding hydrogens is 380 g/mol. The number of pyridine rings is 1. The minimum Gasteiger partial charge on any atom is -0.493 e. The Hall–Kier alpha value is -3.19. The van der Waals surface area contributed by atoms with E-state index in [-0.39, 0.29) is 5.56 Å². The molecule has 0 unspecified atom stereocenters. The van der Waals surface area contributed by atoms with E-state index in [1.165, 1.54) is 0 Å². The Morgan fingerprint density at radius 2 is 2.00 bits per heavy atom. The summed E-state index contributed by atoms with van der Waals surface area (Å²) >= 11 is 0. The molecule has 0 fully saturated rings. The monoisotopic (exact) mass is 406 g/mol. The van der Waals surface area contributed by atoms with Gasteiger partial charge < -0.3 is 14.5 Å². The molecule has 4 rings (SSSR count). The highest BCUT2D eigenvalue weighted by Gasteiger charge is 2.20. The molecule has 3 heterocycles. The highest BCUT2D eigenvalue weighted by molar-refractivity contribution is 5.49. The van der Waals surface area contributed by atoms with Crippen LogP contribution in [0.3, 0.4) is 0 Å². The highest BCUT2D eigenvalue weighted by atomic mass is 16.5. The Bertz CT molecular complexity index is 1070. The van der Waals surface area contributed by atoms with E-state index in [9.17, 15) is 4.79 Å². The number of methoxy groups -OCH3 is 1. The fourth-order valence-corrected chi connectivity index (χ4v) is 3.78. The first-order valence-electron chi connectivity index (χ1n) is 10.2. The standard InChI is InChI=1S/C23H26N4O3/c1-3-30-20-8-7-16(14-21(20)29-2)15-27-12-9-17-18(10-13-27)25-22(26-23(17)28)19-6-4-5-11-24-19/h4-8,11,14H,3,9-10,12-13,15H2,1-2H3,(H,25,26,28). The summed E-state index contributed by atoms with van der Waals surface area (Å²) in [4.78, 5) is 27.0. The zero-order valence-electron chi connectivity index (χ0n) is 17.4. The van der Waals surface area contributed by atoms with E-state index >= 15 is 0 Å². The number of ether oxygens (including phenoxy) is 2. The summed E-state index contributed by atoms with van der Waals surface area (Å²) in [5, 5.41) is 0. The summed E-state index contributed by atoms with van der Waals surface area (Å²) in [5.41, 5.74) is 3.41. The lowest BCUT2D eigenvalue weighted by molar-refractivity contribution is 0.277. The van der Waals surface area contributed by atoms with E-state index in [2.05, 4.69) is 20.9 Å². The smallest absolute Gasteiger partial charge is 0.254 e. The molecule has 0 amide bonds. The van der Waals surface area contributed by atoms with Crippen LogP contribution in [0.25, 0.3) is 11.5 Å². The molecule has 0 saturated carbocycles. The maximum absolute atomic E-state index is 12.7. The van der Waals surface area contributed by atoms with Crippen LogP contribution < -0.4 is 15.0 Å². The van der Waals surface area contributed by atoms with E-state index in [1.54, 1.807) is 13.3 Å². The van der Waals surface area contributed by atoms with Crippen molar-refractivity contribution in [2.45, 2.75) is 26.3 Å². The topological polar surface area (TPSA) is 80.3 Å². The fourth-order valence-electron chi connectivity index (χ4n) is 3.78. The zero-order chi connectivity index (χ0) is 20.9. The summed E-state index contributed by atoms with van der Waals surface area (Å²) in [7, 11) is 1.65. The molecule has 0 atom stereocenters. The predicted molar refractivity (Wildman–Crippen MR) is 115 cm³/mol. The van der Waals surface area contributed by atoms with Crippen LogP contribution in [0.2, 0.25) is 0 Å². The normalized spacial score (nSPS) is 14.1. The molecule has 1 N–H and O–H groups in total. The second-order valence-electron chi connectivity index (χ2n) is 7.25. The van der Waals surface area contributed by atoms with E-state index in [4.69, 9.17) is 14.5 Å². The molecule has 0 radical (unpaired) electrons. The Balaban J connectivity index is 1.51. The first-order valence-corrected chi connectivity index (χ1v) is 10.2. The maximum Gasteiger partial charge on any atom is 0.254 e. The molecule has 0 saturated heterocycles. The number of rotatable bonds is 6. The van der Waals surface area contributed by atoms with E-state index in [1.807, 2.05) is 37.3 Å². The molecule has 0 spiro atoms. The number of nitrogens with zero attached hydrogens (tertiary/aromatic N) is 3. The van der Waals surface area contributed by atoms with Crippen LogP contribution in [0.15, 0.2) is 47.4 Å². The van der Waals surface area contributed by atoms with Gasteiger partial charge >= 0.3 is 0 Å². The molecule has 1 aromatic carbocycles. The van der Waals surface area contributed by atoms with Crippen LogP contribution in [0.4, 0.5) is 0 Å².